The summed E-state index contributed by atoms with van der Waals surface area (Å²) in [6.45, 7) is 3.09. The van der Waals surface area contributed by atoms with Crippen LogP contribution in [0.4, 0.5) is 30.5 Å². The number of carbonyl (C=O) groups is 1. The largest absolute Gasteiger partial charge is 0.391 e. The normalized spacial score (nSPS) is 18.6. The van der Waals surface area contributed by atoms with Gasteiger partial charge in [-0.3, -0.25) is 4.79 Å². The van der Waals surface area contributed by atoms with Gasteiger partial charge in [0.15, 0.2) is 0 Å². The minimum Gasteiger partial charge on any atom is -0.369 e. The standard InChI is InChI=1S/C24H31F3N6O/c1-32-10-6-18(7-11-32)22(34)28-14-17-2-4-20(5-3-17)31-23-29-15-21(16-30-23)33-12-8-19(9-13-33)24(25,26)27/h2-5,15-16,18-19H,6-14H2,1H3,(H,28,34)(H,29,30,31). The van der Waals surface area contributed by atoms with Gasteiger partial charge in [0.2, 0.25) is 11.9 Å². The number of piperidine rings is 2. The number of aromatic nitrogens is 2. The van der Waals surface area contributed by atoms with Gasteiger partial charge in [0, 0.05) is 31.2 Å². The molecule has 0 aliphatic carbocycles. The van der Waals surface area contributed by atoms with Crippen molar-refractivity contribution in [1.29, 1.82) is 0 Å². The molecule has 2 N–H and O–H groups in total. The summed E-state index contributed by atoms with van der Waals surface area (Å²) in [5.41, 5.74) is 2.54. The van der Waals surface area contributed by atoms with E-state index >= 15 is 0 Å². The van der Waals surface area contributed by atoms with Crippen molar-refractivity contribution in [3.05, 3.63) is 42.2 Å². The van der Waals surface area contributed by atoms with E-state index in [1.807, 2.05) is 29.2 Å². The third kappa shape index (κ3) is 6.37. The first kappa shape index (κ1) is 24.3. The van der Waals surface area contributed by atoms with E-state index in [2.05, 4.69) is 32.5 Å². The fourth-order valence-corrected chi connectivity index (χ4v) is 4.45. The third-order valence-corrected chi connectivity index (χ3v) is 6.73. The molecule has 2 aromatic rings. The lowest BCUT2D eigenvalue weighted by molar-refractivity contribution is -0.179. The number of rotatable bonds is 6. The van der Waals surface area contributed by atoms with Crippen molar-refractivity contribution < 1.29 is 18.0 Å². The Balaban J connectivity index is 1.24. The van der Waals surface area contributed by atoms with Gasteiger partial charge < -0.3 is 20.4 Å². The van der Waals surface area contributed by atoms with E-state index in [0.717, 1.165) is 42.9 Å². The second kappa shape index (κ2) is 10.6. The molecule has 2 aliphatic heterocycles. The molecule has 3 heterocycles. The van der Waals surface area contributed by atoms with Gasteiger partial charge in [0.1, 0.15) is 0 Å². The van der Waals surface area contributed by atoms with Crippen molar-refractivity contribution in [2.24, 2.45) is 11.8 Å². The van der Waals surface area contributed by atoms with E-state index in [1.54, 1.807) is 12.4 Å². The van der Waals surface area contributed by atoms with E-state index < -0.39 is 12.1 Å². The van der Waals surface area contributed by atoms with Crippen molar-refractivity contribution >= 4 is 23.2 Å². The smallest absolute Gasteiger partial charge is 0.369 e. The fourth-order valence-electron chi connectivity index (χ4n) is 4.45. The quantitative estimate of drug-likeness (QED) is 0.658. The van der Waals surface area contributed by atoms with Gasteiger partial charge >= 0.3 is 6.18 Å². The van der Waals surface area contributed by atoms with Crippen LogP contribution < -0.4 is 15.5 Å². The lowest BCUT2D eigenvalue weighted by Crippen LogP contribution is -2.39. The number of hydrogen-bond acceptors (Lipinski definition) is 6. The Bertz CT molecular complexity index is 935. The van der Waals surface area contributed by atoms with Gasteiger partial charge in [-0.2, -0.15) is 13.2 Å². The molecule has 4 rings (SSSR count). The molecule has 0 bridgehead atoms. The fraction of sp³-hybridized carbons (Fsp3) is 0.542. The van der Waals surface area contributed by atoms with E-state index in [1.165, 1.54) is 0 Å². The molecule has 0 radical (unpaired) electrons. The first-order chi connectivity index (χ1) is 16.3. The predicted molar refractivity (Wildman–Crippen MR) is 125 cm³/mol. The molecule has 1 aromatic carbocycles. The maximum absolute atomic E-state index is 12.9. The van der Waals surface area contributed by atoms with Crippen LogP contribution in [0.2, 0.25) is 0 Å². The van der Waals surface area contributed by atoms with Crippen LogP contribution in [0, 0.1) is 11.8 Å². The molecular weight excluding hydrogens is 445 g/mol. The van der Waals surface area contributed by atoms with Crippen LogP contribution in [0.1, 0.15) is 31.2 Å². The zero-order valence-corrected chi connectivity index (χ0v) is 19.3. The monoisotopic (exact) mass is 476 g/mol. The minimum atomic E-state index is -4.12. The third-order valence-electron chi connectivity index (χ3n) is 6.73. The lowest BCUT2D eigenvalue weighted by atomic mass is 9.96. The summed E-state index contributed by atoms with van der Waals surface area (Å²) in [7, 11) is 2.08. The SMILES string of the molecule is CN1CCC(C(=O)NCc2ccc(Nc3ncc(N4CCC(C(F)(F)F)CC4)cn3)cc2)CC1. The van der Waals surface area contributed by atoms with Crippen molar-refractivity contribution in [2.75, 3.05) is 43.4 Å². The Labute approximate surface area is 197 Å². The Morgan fingerprint density at radius 2 is 1.62 bits per heavy atom. The van der Waals surface area contributed by atoms with Crippen molar-refractivity contribution in [3.8, 4) is 0 Å². The number of halogens is 3. The van der Waals surface area contributed by atoms with Crippen LogP contribution in [0.15, 0.2) is 36.7 Å². The molecule has 2 saturated heterocycles. The Hall–Kier alpha value is -2.88. The Morgan fingerprint density at radius 1 is 1.00 bits per heavy atom. The predicted octanol–water partition coefficient (Wildman–Crippen LogP) is 3.96. The number of amides is 1. The summed E-state index contributed by atoms with van der Waals surface area (Å²) in [6, 6.07) is 7.68. The Morgan fingerprint density at radius 3 is 2.21 bits per heavy atom. The van der Waals surface area contributed by atoms with Crippen LogP contribution >= 0.6 is 0 Å². The Kier molecular flexibility index (Phi) is 7.55. The summed E-state index contributed by atoms with van der Waals surface area (Å²) in [4.78, 5) is 25.1. The average Bonchev–Trinajstić information content (AvgIpc) is 2.84. The van der Waals surface area contributed by atoms with Gasteiger partial charge in [-0.25, -0.2) is 9.97 Å². The maximum Gasteiger partial charge on any atom is 0.391 e. The number of nitrogens with zero attached hydrogens (tertiary/aromatic N) is 4. The van der Waals surface area contributed by atoms with Gasteiger partial charge in [-0.1, -0.05) is 12.1 Å². The van der Waals surface area contributed by atoms with Crippen LogP contribution in [0.3, 0.4) is 0 Å². The first-order valence-electron chi connectivity index (χ1n) is 11.7. The molecule has 7 nitrogen and oxygen atoms in total. The molecule has 2 fully saturated rings. The van der Waals surface area contributed by atoms with E-state index in [0.29, 0.717) is 25.6 Å². The molecule has 0 atom stereocenters. The van der Waals surface area contributed by atoms with Gasteiger partial charge in [0.05, 0.1) is 24.0 Å². The summed E-state index contributed by atoms with van der Waals surface area (Å²) in [5.74, 6) is -0.604. The molecule has 0 saturated carbocycles. The first-order valence-corrected chi connectivity index (χ1v) is 11.7. The molecule has 34 heavy (non-hydrogen) atoms. The van der Waals surface area contributed by atoms with Crippen LogP contribution in [-0.2, 0) is 11.3 Å². The summed E-state index contributed by atoms with van der Waals surface area (Å²) in [6.07, 6.45) is 1.13. The molecular formula is C24H31F3N6O. The average molecular weight is 477 g/mol. The number of anilines is 3. The zero-order chi connectivity index (χ0) is 24.1. The van der Waals surface area contributed by atoms with Crippen LogP contribution in [-0.4, -0.2) is 60.2 Å². The highest BCUT2D eigenvalue weighted by atomic mass is 19.4. The minimum absolute atomic E-state index is 0.0910. The number of alkyl halides is 3. The maximum atomic E-state index is 12.9. The highest BCUT2D eigenvalue weighted by Crippen LogP contribution is 2.35. The van der Waals surface area contributed by atoms with Gasteiger partial charge in [-0.05, 0) is 63.5 Å². The van der Waals surface area contributed by atoms with Crippen molar-refractivity contribution in [1.82, 2.24) is 20.2 Å². The molecule has 0 spiro atoms. The van der Waals surface area contributed by atoms with E-state index in [9.17, 15) is 18.0 Å². The van der Waals surface area contributed by atoms with E-state index in [-0.39, 0.29) is 24.7 Å². The highest BCUT2D eigenvalue weighted by molar-refractivity contribution is 5.78. The lowest BCUT2D eigenvalue weighted by Gasteiger charge is -2.33. The van der Waals surface area contributed by atoms with Crippen molar-refractivity contribution in [2.45, 2.75) is 38.4 Å². The highest BCUT2D eigenvalue weighted by Gasteiger charge is 2.41. The van der Waals surface area contributed by atoms with Crippen molar-refractivity contribution in [3.63, 3.8) is 0 Å². The summed E-state index contributed by atoms with van der Waals surface area (Å²) >= 11 is 0. The van der Waals surface area contributed by atoms with Crippen LogP contribution in [0.25, 0.3) is 0 Å². The number of likely N-dealkylation sites (tertiary alicyclic amines) is 1. The number of benzene rings is 1. The second-order valence-corrected chi connectivity index (χ2v) is 9.19. The second-order valence-electron chi connectivity index (χ2n) is 9.19. The molecule has 1 amide bonds. The molecule has 0 unspecified atom stereocenters. The molecule has 2 aliphatic rings. The summed E-state index contributed by atoms with van der Waals surface area (Å²) < 4.78 is 38.6. The number of nitrogens with one attached hydrogen (secondary N) is 2. The molecule has 10 heteroatoms. The topological polar surface area (TPSA) is 73.4 Å². The van der Waals surface area contributed by atoms with E-state index in [4.69, 9.17) is 0 Å². The molecule has 184 valence electrons. The summed E-state index contributed by atoms with van der Waals surface area (Å²) in [5, 5.41) is 6.16. The zero-order valence-electron chi connectivity index (χ0n) is 19.3. The number of hydrogen-bond donors (Lipinski definition) is 2. The van der Waals surface area contributed by atoms with Gasteiger partial charge in [-0.15, -0.1) is 0 Å². The van der Waals surface area contributed by atoms with Crippen LogP contribution in [0.5, 0.6) is 0 Å². The number of carbonyl (C=O) groups excluding carboxylic acids is 1. The molecule has 1 aromatic heterocycles. The van der Waals surface area contributed by atoms with Gasteiger partial charge in [0.25, 0.3) is 0 Å².